The highest BCUT2D eigenvalue weighted by molar-refractivity contribution is 6.18. The predicted octanol–water partition coefficient (Wildman–Crippen LogP) is 7.76. The molecule has 160 valence electrons. The van der Waals surface area contributed by atoms with Crippen molar-refractivity contribution in [2.45, 2.75) is 20.4 Å². The Morgan fingerprint density at radius 2 is 1.27 bits per heavy atom. The van der Waals surface area contributed by atoms with Crippen molar-refractivity contribution in [2.24, 2.45) is 0 Å². The molecule has 0 fully saturated rings. The number of hydrogen-bond acceptors (Lipinski definition) is 1. The van der Waals surface area contributed by atoms with Crippen LogP contribution in [0.4, 0.5) is 0 Å². The number of aromatic nitrogens is 2. The number of carbonyl (C=O) groups excluding carboxylic acids is 1. The Morgan fingerprint density at radius 1 is 0.667 bits per heavy atom. The molecule has 0 N–H and O–H groups in total. The minimum atomic E-state index is 0.0135. The van der Waals surface area contributed by atoms with Crippen LogP contribution in [0.2, 0.25) is 0 Å². The maximum absolute atomic E-state index is 13.1. The van der Waals surface area contributed by atoms with Gasteiger partial charge in [0.15, 0.2) is 0 Å². The van der Waals surface area contributed by atoms with E-state index in [-0.39, 0.29) is 5.91 Å². The predicted molar refractivity (Wildman–Crippen MR) is 138 cm³/mol. The lowest BCUT2D eigenvalue weighted by molar-refractivity contribution is 0.0943. The quantitative estimate of drug-likeness (QED) is 0.283. The van der Waals surface area contributed by atoms with Gasteiger partial charge in [-0.3, -0.25) is 9.36 Å². The lowest BCUT2D eigenvalue weighted by Gasteiger charge is -2.10. The summed E-state index contributed by atoms with van der Waals surface area (Å²) in [5.41, 5.74) is 7.57. The van der Waals surface area contributed by atoms with Crippen molar-refractivity contribution >= 4 is 38.6 Å². The summed E-state index contributed by atoms with van der Waals surface area (Å²) in [5, 5.41) is 3.49. The van der Waals surface area contributed by atoms with E-state index in [0.717, 1.165) is 39.8 Å². The summed E-state index contributed by atoms with van der Waals surface area (Å²) in [6, 6.07) is 33.7. The van der Waals surface area contributed by atoms with Gasteiger partial charge in [-0.1, -0.05) is 78.9 Å². The number of fused-ring (bicyclic) bond motifs is 4. The van der Waals surface area contributed by atoms with Crippen LogP contribution in [-0.2, 0) is 6.54 Å². The molecule has 0 amide bonds. The van der Waals surface area contributed by atoms with Crippen LogP contribution in [0.5, 0.6) is 0 Å². The van der Waals surface area contributed by atoms with E-state index >= 15 is 0 Å². The third-order valence-corrected chi connectivity index (χ3v) is 6.60. The number of aryl methyl sites for hydroxylation is 1. The number of carbonyl (C=O) groups is 1. The van der Waals surface area contributed by atoms with Crippen molar-refractivity contribution < 1.29 is 4.79 Å². The minimum absolute atomic E-state index is 0.0135. The zero-order chi connectivity index (χ0) is 22.5. The maximum atomic E-state index is 13.1. The Morgan fingerprint density at radius 3 is 1.94 bits per heavy atom. The second kappa shape index (κ2) is 7.49. The fourth-order valence-corrected chi connectivity index (χ4v) is 5.26. The van der Waals surface area contributed by atoms with Crippen molar-refractivity contribution in [3.05, 3.63) is 97.1 Å². The van der Waals surface area contributed by atoms with E-state index in [4.69, 9.17) is 0 Å². The molecular weight excluding hydrogens is 404 g/mol. The molecule has 4 aromatic carbocycles. The molecule has 0 aliphatic heterocycles. The molecule has 0 atom stereocenters. The van der Waals surface area contributed by atoms with Crippen LogP contribution >= 0.6 is 0 Å². The summed E-state index contributed by atoms with van der Waals surface area (Å²) in [4.78, 5) is 13.1. The van der Waals surface area contributed by atoms with Crippen molar-refractivity contribution in [1.29, 1.82) is 0 Å². The number of rotatable bonds is 3. The fourth-order valence-electron chi connectivity index (χ4n) is 5.26. The summed E-state index contributed by atoms with van der Waals surface area (Å²) in [6.07, 6.45) is 0. The van der Waals surface area contributed by atoms with Gasteiger partial charge >= 0.3 is 0 Å². The second-order valence-corrected chi connectivity index (χ2v) is 8.46. The van der Waals surface area contributed by atoms with E-state index in [1.165, 1.54) is 21.8 Å². The highest BCUT2D eigenvalue weighted by Crippen LogP contribution is 2.43. The monoisotopic (exact) mass is 428 g/mol. The molecule has 3 heteroatoms. The Bertz CT molecular complexity index is 1650. The average Bonchev–Trinajstić information content (AvgIpc) is 3.36. The zero-order valence-electron chi connectivity index (χ0n) is 18.7. The third-order valence-electron chi connectivity index (χ3n) is 6.60. The largest absolute Gasteiger partial charge is 0.341 e. The van der Waals surface area contributed by atoms with Gasteiger partial charge in [-0.15, -0.1) is 0 Å². The van der Waals surface area contributed by atoms with Gasteiger partial charge in [0.2, 0.25) is 5.91 Å². The van der Waals surface area contributed by atoms with Gasteiger partial charge in [0.1, 0.15) is 0 Å². The van der Waals surface area contributed by atoms with Crippen LogP contribution in [-0.4, -0.2) is 15.0 Å². The SMILES string of the molecule is CCn1c2ccccc2c2cc3c(cc21)c(-c1ccccc1)c(-c1ccccc1)n3C(C)=O. The zero-order valence-corrected chi connectivity index (χ0v) is 18.7. The molecule has 2 aromatic heterocycles. The molecule has 0 spiro atoms. The molecule has 6 rings (SSSR count). The first-order chi connectivity index (χ1) is 16.2. The summed E-state index contributed by atoms with van der Waals surface area (Å²) >= 11 is 0. The van der Waals surface area contributed by atoms with Crippen molar-refractivity contribution in [3.63, 3.8) is 0 Å². The number of para-hydroxylation sites is 1. The van der Waals surface area contributed by atoms with Crippen LogP contribution in [0.1, 0.15) is 18.6 Å². The summed E-state index contributed by atoms with van der Waals surface area (Å²) < 4.78 is 4.26. The lowest BCUT2D eigenvalue weighted by Crippen LogP contribution is -2.07. The molecule has 0 radical (unpaired) electrons. The van der Waals surface area contributed by atoms with E-state index in [9.17, 15) is 4.79 Å². The highest BCUT2D eigenvalue weighted by atomic mass is 16.1. The van der Waals surface area contributed by atoms with Gasteiger partial charge in [-0.05, 0) is 36.2 Å². The van der Waals surface area contributed by atoms with Gasteiger partial charge in [-0.25, -0.2) is 0 Å². The Kier molecular flexibility index (Phi) is 4.44. The van der Waals surface area contributed by atoms with E-state index in [0.29, 0.717) is 0 Å². The number of nitrogens with zero attached hydrogens (tertiary/aromatic N) is 2. The topological polar surface area (TPSA) is 26.9 Å². The van der Waals surface area contributed by atoms with E-state index in [2.05, 4.69) is 84.3 Å². The molecule has 2 heterocycles. The first-order valence-corrected chi connectivity index (χ1v) is 11.4. The Balaban J connectivity index is 1.86. The number of hydrogen-bond donors (Lipinski definition) is 0. The Labute approximate surface area is 192 Å². The molecule has 0 bridgehead atoms. The van der Waals surface area contributed by atoms with E-state index in [1.807, 2.05) is 28.8 Å². The molecule has 3 nitrogen and oxygen atoms in total. The molecule has 0 unspecified atom stereocenters. The average molecular weight is 429 g/mol. The van der Waals surface area contributed by atoms with Gasteiger partial charge in [0, 0.05) is 46.2 Å². The molecule has 0 saturated heterocycles. The fraction of sp³-hybridized carbons (Fsp3) is 0.100. The van der Waals surface area contributed by atoms with Gasteiger partial charge < -0.3 is 4.57 Å². The van der Waals surface area contributed by atoms with Crippen molar-refractivity contribution in [1.82, 2.24) is 9.13 Å². The highest BCUT2D eigenvalue weighted by Gasteiger charge is 2.24. The molecule has 33 heavy (non-hydrogen) atoms. The Hall–Kier alpha value is -4.11. The molecule has 0 saturated carbocycles. The minimum Gasteiger partial charge on any atom is -0.341 e. The molecule has 0 aliphatic rings. The van der Waals surface area contributed by atoms with Gasteiger partial charge in [0.05, 0.1) is 11.2 Å². The number of benzene rings is 4. The van der Waals surface area contributed by atoms with Gasteiger partial charge in [0.25, 0.3) is 0 Å². The summed E-state index contributed by atoms with van der Waals surface area (Å²) in [6.45, 7) is 4.72. The van der Waals surface area contributed by atoms with E-state index < -0.39 is 0 Å². The van der Waals surface area contributed by atoms with E-state index in [1.54, 1.807) is 6.92 Å². The lowest BCUT2D eigenvalue weighted by atomic mass is 9.98. The smallest absolute Gasteiger partial charge is 0.228 e. The van der Waals surface area contributed by atoms with Crippen LogP contribution < -0.4 is 0 Å². The first kappa shape index (κ1) is 19.6. The van der Waals surface area contributed by atoms with Crippen molar-refractivity contribution in [2.75, 3.05) is 0 Å². The first-order valence-electron chi connectivity index (χ1n) is 11.4. The molecule has 0 aliphatic carbocycles. The second-order valence-electron chi connectivity index (χ2n) is 8.46. The standard InChI is InChI=1S/C30H24N2O/c1-3-31-26-17-11-10-16-23(26)24-18-28-25(19-27(24)31)29(21-12-6-4-7-13-21)30(32(28)20(2)33)22-14-8-5-9-15-22/h4-19H,3H2,1-2H3. The summed E-state index contributed by atoms with van der Waals surface area (Å²) in [5.74, 6) is 0.0135. The van der Waals surface area contributed by atoms with Gasteiger partial charge in [-0.2, -0.15) is 0 Å². The van der Waals surface area contributed by atoms with Crippen LogP contribution in [0.15, 0.2) is 97.1 Å². The van der Waals surface area contributed by atoms with Crippen LogP contribution in [0.25, 0.3) is 55.1 Å². The molecule has 6 aromatic rings. The summed E-state index contributed by atoms with van der Waals surface area (Å²) in [7, 11) is 0. The van der Waals surface area contributed by atoms with Crippen LogP contribution in [0.3, 0.4) is 0 Å². The van der Waals surface area contributed by atoms with Crippen molar-refractivity contribution in [3.8, 4) is 22.4 Å². The third kappa shape index (κ3) is 2.86. The van der Waals surface area contributed by atoms with Crippen LogP contribution in [0, 0.1) is 0 Å². The maximum Gasteiger partial charge on any atom is 0.228 e. The molecular formula is C30H24N2O. The normalized spacial score (nSPS) is 11.6.